The van der Waals surface area contributed by atoms with Gasteiger partial charge < -0.3 is 34.3 Å². The normalized spacial score (nSPS) is 28.4. The third-order valence-corrected chi connectivity index (χ3v) is 3.74. The van der Waals surface area contributed by atoms with Crippen molar-refractivity contribution in [2.24, 2.45) is 0 Å². The summed E-state index contributed by atoms with van der Waals surface area (Å²) in [5, 5.41) is 40.4. The van der Waals surface area contributed by atoms with Gasteiger partial charge in [-0.15, -0.1) is 0 Å². The van der Waals surface area contributed by atoms with Gasteiger partial charge in [0.15, 0.2) is 0 Å². The molecular formula is C15H19NO10. The van der Waals surface area contributed by atoms with Crippen LogP contribution in [0.15, 0.2) is 24.3 Å². The van der Waals surface area contributed by atoms with Gasteiger partial charge in [-0.25, -0.2) is 4.79 Å². The number of nitrogens with zero attached hydrogens (tertiary/aromatic N) is 1. The highest BCUT2D eigenvalue weighted by Gasteiger charge is 2.46. The molecule has 0 aromatic heterocycles. The maximum absolute atomic E-state index is 11.2. The van der Waals surface area contributed by atoms with E-state index in [2.05, 4.69) is 4.74 Å². The van der Waals surface area contributed by atoms with E-state index in [4.69, 9.17) is 14.2 Å². The van der Waals surface area contributed by atoms with E-state index in [-0.39, 0.29) is 11.4 Å². The number of nitro groups is 1. The number of aliphatic hydroxyl groups excluding tert-OH is 3. The molecule has 2 rings (SSSR count). The number of carbonyl (C=O) groups excluding carboxylic acids is 1. The average Bonchev–Trinajstić information content (AvgIpc) is 2.64. The molecule has 11 heteroatoms. The predicted octanol–water partition coefficient (Wildman–Crippen LogP) is -1.03. The van der Waals surface area contributed by atoms with Crippen LogP contribution in [0.25, 0.3) is 0 Å². The summed E-state index contributed by atoms with van der Waals surface area (Å²) in [7, 11) is 1.15. The Morgan fingerprint density at radius 3 is 2.46 bits per heavy atom. The molecule has 0 saturated carbocycles. The topological polar surface area (TPSA) is 158 Å². The second-order valence-corrected chi connectivity index (χ2v) is 5.43. The average molecular weight is 373 g/mol. The van der Waals surface area contributed by atoms with Crippen LogP contribution in [0.2, 0.25) is 0 Å². The monoisotopic (exact) mass is 373 g/mol. The summed E-state index contributed by atoms with van der Waals surface area (Å²) in [5.41, 5.74) is -0.148. The van der Waals surface area contributed by atoms with Gasteiger partial charge in [-0.2, -0.15) is 0 Å². The number of non-ortho nitro benzene ring substituents is 1. The number of hydrogen-bond acceptors (Lipinski definition) is 10. The van der Waals surface area contributed by atoms with Gasteiger partial charge in [0.25, 0.3) is 5.69 Å². The van der Waals surface area contributed by atoms with Crippen LogP contribution in [0.3, 0.4) is 0 Å². The standard InChI is InChI=1S/C15H19NO10/c1-23-11(18)7-24-14-12(19)10(6-17)26-15(13(14)20)25-9-4-2-8(3-5-9)16(21)22/h2-5,10,12-15,17,19-20H,6-7H2,1H3/t10-,12+,13-,14+,15+/m1/s1. The van der Waals surface area contributed by atoms with Gasteiger partial charge in [0.1, 0.15) is 36.8 Å². The van der Waals surface area contributed by atoms with Gasteiger partial charge in [-0.3, -0.25) is 10.1 Å². The number of hydrogen-bond donors (Lipinski definition) is 3. The van der Waals surface area contributed by atoms with Crippen molar-refractivity contribution in [3.63, 3.8) is 0 Å². The molecule has 0 unspecified atom stereocenters. The van der Waals surface area contributed by atoms with Crippen LogP contribution in [0.4, 0.5) is 5.69 Å². The zero-order valence-electron chi connectivity index (χ0n) is 13.8. The third-order valence-electron chi connectivity index (χ3n) is 3.74. The lowest BCUT2D eigenvalue weighted by atomic mass is 9.99. The van der Waals surface area contributed by atoms with Crippen molar-refractivity contribution in [2.45, 2.75) is 30.7 Å². The van der Waals surface area contributed by atoms with E-state index in [1.54, 1.807) is 0 Å². The number of rotatable bonds is 7. The predicted molar refractivity (Wildman–Crippen MR) is 83.2 cm³/mol. The van der Waals surface area contributed by atoms with E-state index in [1.165, 1.54) is 24.3 Å². The molecule has 0 amide bonds. The Labute approximate surface area is 147 Å². The van der Waals surface area contributed by atoms with Gasteiger partial charge >= 0.3 is 5.97 Å². The van der Waals surface area contributed by atoms with E-state index in [1.807, 2.05) is 0 Å². The van der Waals surface area contributed by atoms with Gasteiger partial charge in [-0.05, 0) is 12.1 Å². The maximum Gasteiger partial charge on any atom is 0.331 e. The highest BCUT2D eigenvalue weighted by molar-refractivity contribution is 5.70. The van der Waals surface area contributed by atoms with E-state index in [0.29, 0.717) is 0 Å². The van der Waals surface area contributed by atoms with E-state index < -0.39 is 54.8 Å². The quantitative estimate of drug-likeness (QED) is 0.306. The third kappa shape index (κ3) is 4.65. The van der Waals surface area contributed by atoms with Gasteiger partial charge in [0.2, 0.25) is 6.29 Å². The lowest BCUT2D eigenvalue weighted by molar-refractivity contribution is -0.384. The highest BCUT2D eigenvalue weighted by atomic mass is 16.7. The summed E-state index contributed by atoms with van der Waals surface area (Å²) in [6, 6.07) is 5.01. The first kappa shape index (κ1) is 20.0. The summed E-state index contributed by atoms with van der Waals surface area (Å²) >= 11 is 0. The Morgan fingerprint density at radius 2 is 1.92 bits per heavy atom. The highest BCUT2D eigenvalue weighted by Crippen LogP contribution is 2.27. The van der Waals surface area contributed by atoms with E-state index >= 15 is 0 Å². The van der Waals surface area contributed by atoms with Crippen LogP contribution in [-0.4, -0.2) is 77.2 Å². The Kier molecular flexibility index (Phi) is 6.83. The minimum Gasteiger partial charge on any atom is -0.467 e. The molecule has 1 aliphatic rings. The maximum atomic E-state index is 11.2. The Bertz CT molecular complexity index is 621. The first-order valence-corrected chi connectivity index (χ1v) is 7.59. The first-order valence-electron chi connectivity index (χ1n) is 7.59. The van der Waals surface area contributed by atoms with Crippen molar-refractivity contribution in [1.82, 2.24) is 0 Å². The first-order chi connectivity index (χ1) is 12.4. The molecule has 26 heavy (non-hydrogen) atoms. The van der Waals surface area contributed by atoms with Crippen molar-refractivity contribution in [3.05, 3.63) is 34.4 Å². The van der Waals surface area contributed by atoms with Crippen molar-refractivity contribution in [3.8, 4) is 5.75 Å². The van der Waals surface area contributed by atoms with Crippen LogP contribution in [0, 0.1) is 10.1 Å². The molecule has 1 fully saturated rings. The van der Waals surface area contributed by atoms with Crippen LogP contribution < -0.4 is 4.74 Å². The molecule has 1 aromatic carbocycles. The number of carbonyl (C=O) groups is 1. The SMILES string of the molecule is COC(=O)CO[C@H]1[C@@H](O)[C@@H](CO)O[C@H](Oc2ccc([N+](=O)[O-])cc2)[C@@H]1O. The van der Waals surface area contributed by atoms with Crippen molar-refractivity contribution in [1.29, 1.82) is 0 Å². The minimum absolute atomic E-state index is 0.148. The number of methoxy groups -OCH3 is 1. The zero-order chi connectivity index (χ0) is 19.3. The number of nitro benzene ring substituents is 1. The van der Waals surface area contributed by atoms with Crippen molar-refractivity contribution >= 4 is 11.7 Å². The van der Waals surface area contributed by atoms with E-state index in [0.717, 1.165) is 7.11 Å². The second-order valence-electron chi connectivity index (χ2n) is 5.43. The number of esters is 1. The molecule has 0 aliphatic carbocycles. The van der Waals surface area contributed by atoms with Crippen LogP contribution in [0.5, 0.6) is 5.75 Å². The summed E-state index contributed by atoms with van der Waals surface area (Å²) in [5.74, 6) is -0.566. The van der Waals surface area contributed by atoms with Crippen molar-refractivity contribution < 1.29 is 44.0 Å². The van der Waals surface area contributed by atoms with Gasteiger partial charge in [-0.1, -0.05) is 0 Å². The molecule has 11 nitrogen and oxygen atoms in total. The number of ether oxygens (including phenoxy) is 4. The molecule has 0 radical (unpaired) electrons. The summed E-state index contributed by atoms with van der Waals surface area (Å²) < 4.78 is 20.3. The van der Waals surface area contributed by atoms with Crippen LogP contribution in [-0.2, 0) is 19.0 Å². The second kappa shape index (κ2) is 8.87. The zero-order valence-corrected chi connectivity index (χ0v) is 13.8. The number of aliphatic hydroxyl groups is 3. The summed E-state index contributed by atoms with van der Waals surface area (Å²) in [6.07, 6.45) is -6.70. The molecule has 3 N–H and O–H groups in total. The minimum atomic E-state index is -1.51. The molecule has 1 aliphatic heterocycles. The van der Waals surface area contributed by atoms with E-state index in [9.17, 15) is 30.2 Å². The Balaban J connectivity index is 2.10. The molecule has 1 saturated heterocycles. The fourth-order valence-corrected chi connectivity index (χ4v) is 2.35. The summed E-state index contributed by atoms with van der Waals surface area (Å²) in [6.45, 7) is -1.12. The fourth-order valence-electron chi connectivity index (χ4n) is 2.35. The molecule has 0 spiro atoms. The largest absolute Gasteiger partial charge is 0.467 e. The Morgan fingerprint density at radius 1 is 1.27 bits per heavy atom. The Hall–Kier alpha value is -2.31. The summed E-state index contributed by atoms with van der Waals surface area (Å²) in [4.78, 5) is 21.3. The fraction of sp³-hybridized carbons (Fsp3) is 0.533. The van der Waals surface area contributed by atoms with Gasteiger partial charge in [0.05, 0.1) is 18.6 Å². The molecule has 0 bridgehead atoms. The smallest absolute Gasteiger partial charge is 0.331 e. The van der Waals surface area contributed by atoms with Crippen molar-refractivity contribution in [2.75, 3.05) is 20.3 Å². The van der Waals surface area contributed by atoms with Crippen LogP contribution >= 0.6 is 0 Å². The molecular weight excluding hydrogens is 354 g/mol. The van der Waals surface area contributed by atoms with Gasteiger partial charge in [0, 0.05) is 12.1 Å². The number of benzene rings is 1. The van der Waals surface area contributed by atoms with Crippen LogP contribution in [0.1, 0.15) is 0 Å². The molecule has 1 heterocycles. The molecule has 5 atom stereocenters. The molecule has 1 aromatic rings. The lowest BCUT2D eigenvalue weighted by Gasteiger charge is -2.41. The lowest BCUT2D eigenvalue weighted by Crippen LogP contribution is -2.61. The molecule has 144 valence electrons.